The minimum Gasteiger partial charge on any atom is -0.744 e. The van der Waals surface area contributed by atoms with Gasteiger partial charge in [-0.1, -0.05) is 30.0 Å². The Hall–Kier alpha value is -2.91. The summed E-state index contributed by atoms with van der Waals surface area (Å²) in [6, 6.07) is 15.3. The van der Waals surface area contributed by atoms with Gasteiger partial charge in [0, 0.05) is 76.6 Å². The van der Waals surface area contributed by atoms with E-state index in [4.69, 9.17) is 4.98 Å². The maximum absolute atomic E-state index is 12.1. The predicted octanol–water partition coefficient (Wildman–Crippen LogP) is -7.62. The van der Waals surface area contributed by atoms with Crippen molar-refractivity contribution >= 4 is 94.3 Å². The number of aromatic nitrogens is 8. The predicted molar refractivity (Wildman–Crippen MR) is 206 cm³/mol. The summed E-state index contributed by atoms with van der Waals surface area (Å²) >= 11 is 0. The first kappa shape index (κ1) is 51.7. The maximum atomic E-state index is 12.1. The molecule has 3 radical (unpaired) electrons. The molecule has 3 N–H and O–H groups in total. The van der Waals surface area contributed by atoms with E-state index in [-0.39, 0.29) is 206 Å². The molecule has 0 saturated carbocycles. The van der Waals surface area contributed by atoms with Crippen molar-refractivity contribution in [3.63, 3.8) is 0 Å². The molecular weight excluding hydrogens is 955 g/mol. The van der Waals surface area contributed by atoms with Crippen LogP contribution in [-0.2, 0) is 30.4 Å². The minimum atomic E-state index is -4.98. The molecule has 0 atom stereocenters. The number of aliphatic hydroxyl groups is 1. The summed E-state index contributed by atoms with van der Waals surface area (Å²) in [6.07, 6.45) is 0.212. The molecule has 0 fully saturated rings. The molecule has 26 heteroatoms. The van der Waals surface area contributed by atoms with Gasteiger partial charge in [0.1, 0.15) is 30.4 Å². The van der Waals surface area contributed by atoms with E-state index in [0.29, 0.717) is 16.3 Å². The van der Waals surface area contributed by atoms with Gasteiger partial charge in [-0.3, -0.25) is 0 Å². The molecule has 0 saturated heterocycles. The van der Waals surface area contributed by atoms with Gasteiger partial charge in [-0.15, -0.1) is 0 Å². The van der Waals surface area contributed by atoms with Crippen LogP contribution in [0.2, 0.25) is 0 Å². The van der Waals surface area contributed by atoms with Crippen molar-refractivity contribution in [2.75, 3.05) is 6.61 Å². The minimum absolute atomic E-state index is 0. The van der Waals surface area contributed by atoms with E-state index in [1.165, 1.54) is 18.2 Å². The fourth-order valence-corrected chi connectivity index (χ4v) is 7.86. The van der Waals surface area contributed by atoms with Gasteiger partial charge in [-0.25, -0.2) is 40.2 Å². The molecular formula is C36H19GaN8Na3O11S3-2. The van der Waals surface area contributed by atoms with Gasteiger partial charge in [-0.2, -0.15) is 0 Å². The molecule has 19 nitrogen and oxygen atoms in total. The van der Waals surface area contributed by atoms with Crippen molar-refractivity contribution in [3.05, 3.63) is 78.4 Å². The third-order valence-corrected chi connectivity index (χ3v) is 11.4. The van der Waals surface area contributed by atoms with Gasteiger partial charge in [0.05, 0.1) is 32.9 Å². The Bertz CT molecular complexity index is 3570. The van der Waals surface area contributed by atoms with E-state index >= 15 is 0 Å². The molecule has 5 heterocycles. The molecule has 62 heavy (non-hydrogen) atoms. The second kappa shape index (κ2) is 19.3. The number of benzene rings is 4. The molecule has 8 bridgehead atoms. The molecule has 295 valence electrons. The maximum Gasteiger partial charge on any atom is 1.00 e. The largest absolute Gasteiger partial charge is 1.00 e. The molecule has 0 unspecified atom stereocenters. The van der Waals surface area contributed by atoms with Crippen LogP contribution in [0.25, 0.3) is 89.7 Å². The van der Waals surface area contributed by atoms with E-state index in [1.807, 2.05) is 0 Å². The Kier molecular flexibility index (Phi) is 16.1. The fraction of sp³-hybridized carbons (Fsp3) is 0.0556. The van der Waals surface area contributed by atoms with E-state index in [9.17, 15) is 44.0 Å². The van der Waals surface area contributed by atoms with Crippen molar-refractivity contribution in [1.29, 1.82) is 0 Å². The van der Waals surface area contributed by atoms with Crippen LogP contribution in [0.4, 0.5) is 0 Å². The van der Waals surface area contributed by atoms with E-state index in [1.54, 1.807) is 18.2 Å². The second-order valence-electron chi connectivity index (χ2n) is 12.5. The quantitative estimate of drug-likeness (QED) is 0.0972. The standard InChI is InChI=1S/C36H20N8O10S3.Ga.3Na.H2O/c45-12-2-1-3-17-4-8-21-25(13-17)33-37-29(21)39-34-27-15-19(56(49,50)51)6-10-23(27)31(41-34)43-36-28-16-20(57(52,53)54)7-11-24(28)32(44-36)42-35-26-14-18(55(46,47)48)5-9-22(26)30(38-33)40-35;;;;;/h4-11,13-16,45H,2,12H2,(H3-2,37,38,39,40,41,42,43,44,46,47,48,49,50,51,52,53,54);;;;;1H2/q-2;;3*+1;/p-3. The summed E-state index contributed by atoms with van der Waals surface area (Å²) < 4.78 is 109. The zero-order chi connectivity index (χ0) is 40.0. The summed E-state index contributed by atoms with van der Waals surface area (Å²) in [4.78, 5) is 35.1. The molecule has 0 aliphatic carbocycles. The number of nitrogens with zero attached hydrogens (tertiary/aromatic N) is 8. The number of aliphatic hydroxyl groups excluding tert-OH is 1. The molecule has 0 amide bonds. The topological polar surface area (TPSA) is 329 Å². The zero-order valence-electron chi connectivity index (χ0n) is 32.3. The van der Waals surface area contributed by atoms with Gasteiger partial charge >= 0.3 is 88.7 Å². The van der Waals surface area contributed by atoms with Crippen molar-refractivity contribution in [1.82, 2.24) is 39.9 Å². The van der Waals surface area contributed by atoms with E-state index in [2.05, 4.69) is 46.7 Å². The van der Waals surface area contributed by atoms with Crippen molar-refractivity contribution in [2.24, 2.45) is 0 Å². The SMILES string of the molecule is O.O=S(=O)([O-])c1ccc2c(c1)-c1nc3nc(nc4[n-]c(nc5[n-]c(nc-2n1)c1cc(S(=O)(=O)[O-])ccc51)c1cc(C#CCCO)ccc41)-c1cc(S(=O)(=O)[O-])ccc1-3.[Ga].[Na+].[Na+].[Na+]. The summed E-state index contributed by atoms with van der Waals surface area (Å²) in [6.45, 7) is -0.153. The number of hydrogen-bond donors (Lipinski definition) is 1. The third-order valence-electron chi connectivity index (χ3n) is 8.95. The van der Waals surface area contributed by atoms with Crippen LogP contribution in [0.15, 0.2) is 87.5 Å². The van der Waals surface area contributed by atoms with Crippen LogP contribution >= 0.6 is 0 Å². The summed E-state index contributed by atoms with van der Waals surface area (Å²) in [5.41, 5.74) is 0.950. The normalized spacial score (nSPS) is 11.6. The van der Waals surface area contributed by atoms with Crippen LogP contribution in [-0.4, -0.2) is 106 Å². The number of fused-ring (bicyclic) bond motifs is 20. The van der Waals surface area contributed by atoms with Crippen LogP contribution in [0.3, 0.4) is 0 Å². The monoisotopic (exact) mass is 973 g/mol. The van der Waals surface area contributed by atoms with E-state index in [0.717, 1.165) is 36.4 Å². The summed E-state index contributed by atoms with van der Waals surface area (Å²) in [7, 11) is -14.9. The Balaban J connectivity index is 0.00000169. The van der Waals surface area contributed by atoms with Crippen LogP contribution in [0, 0.1) is 11.8 Å². The molecule has 0 spiro atoms. The molecule has 2 aliphatic rings. The van der Waals surface area contributed by atoms with Gasteiger partial charge in [0.25, 0.3) is 0 Å². The first-order chi connectivity index (χ1) is 27.0. The average Bonchev–Trinajstić information content (AvgIpc) is 3.88. The second-order valence-corrected chi connectivity index (χ2v) is 16.6. The van der Waals surface area contributed by atoms with E-state index < -0.39 is 45.0 Å². The Morgan fingerprint density at radius 2 is 0.887 bits per heavy atom. The van der Waals surface area contributed by atoms with Crippen molar-refractivity contribution < 1.29 is 138 Å². The molecule has 9 rings (SSSR count). The van der Waals surface area contributed by atoms with Gasteiger partial charge in [0.2, 0.25) is 0 Å². The van der Waals surface area contributed by atoms with Crippen molar-refractivity contribution in [2.45, 2.75) is 21.1 Å². The fourth-order valence-electron chi connectivity index (χ4n) is 6.37. The smallest absolute Gasteiger partial charge is 0.744 e. The van der Waals surface area contributed by atoms with Gasteiger partial charge in [0.15, 0.2) is 11.6 Å². The third kappa shape index (κ3) is 9.70. The van der Waals surface area contributed by atoms with Gasteiger partial charge in [-0.05, 0) is 76.1 Å². The van der Waals surface area contributed by atoms with Crippen LogP contribution in [0.1, 0.15) is 12.0 Å². The van der Waals surface area contributed by atoms with Crippen molar-refractivity contribution in [3.8, 4) is 57.4 Å². The molecule has 3 aromatic heterocycles. The summed E-state index contributed by atoms with van der Waals surface area (Å²) in [5, 5.41) is 10.4. The first-order valence-corrected chi connectivity index (χ1v) is 20.5. The molecule has 4 aromatic carbocycles. The van der Waals surface area contributed by atoms with Gasteiger partial charge < -0.3 is 49.2 Å². The molecule has 2 aliphatic heterocycles. The van der Waals surface area contributed by atoms with Crippen LogP contribution < -0.4 is 98.6 Å². The molecule has 7 aromatic rings. The zero-order valence-corrected chi connectivity index (χ0v) is 43.2. The Labute approximate surface area is 430 Å². The number of hydrogen-bond acceptors (Lipinski definition) is 16. The average molecular weight is 974 g/mol. The summed E-state index contributed by atoms with van der Waals surface area (Å²) in [5.74, 6) is 5.28. The Morgan fingerprint density at radius 3 is 1.40 bits per heavy atom. The first-order valence-electron chi connectivity index (χ1n) is 16.3. The number of rotatable bonds is 4. The van der Waals surface area contributed by atoms with Crippen LogP contribution in [0.5, 0.6) is 0 Å². The Morgan fingerprint density at radius 1 is 0.500 bits per heavy atom.